The summed E-state index contributed by atoms with van der Waals surface area (Å²) in [4.78, 5) is 0. The van der Waals surface area contributed by atoms with Crippen LogP contribution in [-0.4, -0.2) is 19.8 Å². The summed E-state index contributed by atoms with van der Waals surface area (Å²) in [6.45, 7) is 0.293. The molecule has 0 heterocycles. The zero-order valence-electron chi connectivity index (χ0n) is 10.4. The third-order valence-corrected chi connectivity index (χ3v) is 2.45. The van der Waals surface area contributed by atoms with Crippen LogP contribution < -0.4 is 10.5 Å². The van der Waals surface area contributed by atoms with Crippen molar-refractivity contribution in [3.63, 3.8) is 0 Å². The van der Waals surface area contributed by atoms with Crippen molar-refractivity contribution in [3.05, 3.63) is 29.8 Å². The average Bonchev–Trinajstić information content (AvgIpc) is 2.34. The van der Waals surface area contributed by atoms with E-state index in [0.29, 0.717) is 13.2 Å². The normalized spacial score (nSPS) is 12.7. The third kappa shape index (κ3) is 5.42. The summed E-state index contributed by atoms with van der Waals surface area (Å²) in [5.41, 5.74) is 6.64. The molecule has 0 aliphatic carbocycles. The van der Waals surface area contributed by atoms with Crippen molar-refractivity contribution in [2.24, 2.45) is 5.73 Å². The van der Waals surface area contributed by atoms with Crippen LogP contribution in [-0.2, 0) is 4.74 Å². The van der Waals surface area contributed by atoms with Gasteiger partial charge in [0.05, 0.1) is 12.6 Å². The summed E-state index contributed by atoms with van der Waals surface area (Å²) in [6, 6.07) is 6.06. The van der Waals surface area contributed by atoms with E-state index in [1.165, 1.54) is 12.1 Å². The number of alkyl halides is 2. The van der Waals surface area contributed by atoms with E-state index in [1.54, 1.807) is 12.1 Å². The van der Waals surface area contributed by atoms with Gasteiger partial charge < -0.3 is 15.2 Å². The van der Waals surface area contributed by atoms with Crippen molar-refractivity contribution in [2.75, 3.05) is 13.2 Å². The Morgan fingerprint density at radius 3 is 2.78 bits per heavy atom. The maximum absolute atomic E-state index is 12.1. The first-order chi connectivity index (χ1) is 8.63. The van der Waals surface area contributed by atoms with Crippen molar-refractivity contribution in [1.82, 2.24) is 0 Å². The van der Waals surface area contributed by atoms with E-state index in [-0.39, 0.29) is 11.8 Å². The molecule has 0 spiro atoms. The molecule has 5 heteroatoms. The molecule has 1 atom stereocenters. The van der Waals surface area contributed by atoms with E-state index >= 15 is 0 Å². The van der Waals surface area contributed by atoms with E-state index in [9.17, 15) is 8.78 Å². The number of hydrogen-bond donors (Lipinski definition) is 1. The van der Waals surface area contributed by atoms with Crippen LogP contribution in [0.25, 0.3) is 0 Å². The van der Waals surface area contributed by atoms with Gasteiger partial charge in [0.2, 0.25) is 0 Å². The molecular weight excluding hydrogens is 240 g/mol. The van der Waals surface area contributed by atoms with Gasteiger partial charge in [-0.2, -0.15) is 8.78 Å². The topological polar surface area (TPSA) is 44.5 Å². The molecule has 102 valence electrons. The molecule has 1 aromatic rings. The summed E-state index contributed by atoms with van der Waals surface area (Å²) in [5.74, 6) is 0.117. The minimum atomic E-state index is -2.82. The van der Waals surface area contributed by atoms with Crippen molar-refractivity contribution in [2.45, 2.75) is 32.4 Å². The monoisotopic (exact) mass is 259 g/mol. The quantitative estimate of drug-likeness (QED) is 0.729. The first-order valence-electron chi connectivity index (χ1n) is 6.01. The van der Waals surface area contributed by atoms with Gasteiger partial charge in [-0.15, -0.1) is 0 Å². The molecule has 18 heavy (non-hydrogen) atoms. The molecule has 0 saturated heterocycles. The molecule has 0 bridgehead atoms. The first kappa shape index (κ1) is 14.9. The number of nitrogens with two attached hydrogens (primary N) is 1. The molecule has 0 saturated carbocycles. The van der Waals surface area contributed by atoms with E-state index in [0.717, 1.165) is 18.4 Å². The Labute approximate surface area is 106 Å². The lowest BCUT2D eigenvalue weighted by atomic mass is 10.1. The molecule has 1 aromatic carbocycles. The molecule has 0 amide bonds. The standard InChI is InChI=1S/C13H19F2NO2/c1-2-3-7-17-9-12(16)10-5-4-6-11(8-10)18-13(14)15/h4-6,8,12-13H,2-3,7,9,16H2,1H3. The van der Waals surface area contributed by atoms with Crippen molar-refractivity contribution in [1.29, 1.82) is 0 Å². The van der Waals surface area contributed by atoms with Gasteiger partial charge in [0, 0.05) is 6.61 Å². The Morgan fingerprint density at radius 1 is 1.33 bits per heavy atom. The van der Waals surface area contributed by atoms with Crippen LogP contribution in [0.15, 0.2) is 24.3 Å². The number of hydrogen-bond acceptors (Lipinski definition) is 3. The smallest absolute Gasteiger partial charge is 0.387 e. The van der Waals surface area contributed by atoms with Gasteiger partial charge >= 0.3 is 6.61 Å². The van der Waals surface area contributed by atoms with Crippen molar-refractivity contribution in [3.8, 4) is 5.75 Å². The summed E-state index contributed by atoms with van der Waals surface area (Å²) in [5, 5.41) is 0. The minimum Gasteiger partial charge on any atom is -0.435 e. The highest BCUT2D eigenvalue weighted by Crippen LogP contribution is 2.19. The molecule has 0 aliphatic heterocycles. The lowest BCUT2D eigenvalue weighted by molar-refractivity contribution is -0.0499. The summed E-state index contributed by atoms with van der Waals surface area (Å²) in [7, 11) is 0. The predicted octanol–water partition coefficient (Wildman–Crippen LogP) is 3.10. The minimum absolute atomic E-state index is 0.117. The van der Waals surface area contributed by atoms with E-state index < -0.39 is 6.61 Å². The maximum atomic E-state index is 12.1. The van der Waals surface area contributed by atoms with Crippen LogP contribution in [0.5, 0.6) is 5.75 Å². The summed E-state index contributed by atoms with van der Waals surface area (Å²) >= 11 is 0. The number of ether oxygens (including phenoxy) is 2. The van der Waals surface area contributed by atoms with Gasteiger partial charge in [-0.3, -0.25) is 0 Å². The molecule has 0 fully saturated rings. The van der Waals surface area contributed by atoms with Gasteiger partial charge in [-0.1, -0.05) is 25.5 Å². The van der Waals surface area contributed by atoms with Crippen molar-refractivity contribution >= 4 is 0 Å². The molecule has 2 N–H and O–H groups in total. The Hall–Kier alpha value is -1.20. The number of unbranched alkanes of at least 4 members (excludes halogenated alkanes) is 1. The molecule has 3 nitrogen and oxygen atoms in total. The zero-order valence-corrected chi connectivity index (χ0v) is 10.4. The van der Waals surface area contributed by atoms with E-state index in [4.69, 9.17) is 10.5 Å². The van der Waals surface area contributed by atoms with Gasteiger partial charge in [0.1, 0.15) is 5.75 Å². The Balaban J connectivity index is 2.48. The second-order valence-corrected chi connectivity index (χ2v) is 3.99. The number of halogens is 2. The molecular formula is C13H19F2NO2. The van der Waals surface area contributed by atoms with Gasteiger partial charge in [0.15, 0.2) is 0 Å². The predicted molar refractivity (Wildman–Crippen MR) is 65.7 cm³/mol. The van der Waals surface area contributed by atoms with E-state index in [2.05, 4.69) is 11.7 Å². The number of rotatable bonds is 8. The van der Waals surface area contributed by atoms with Crippen LogP contribution in [0.4, 0.5) is 8.78 Å². The van der Waals surface area contributed by atoms with Crippen LogP contribution in [0.2, 0.25) is 0 Å². The summed E-state index contributed by atoms with van der Waals surface area (Å²) in [6.07, 6.45) is 2.05. The molecule has 0 aliphatic rings. The Bertz CT molecular complexity index is 348. The fourth-order valence-electron chi connectivity index (χ4n) is 1.47. The highest BCUT2D eigenvalue weighted by Gasteiger charge is 2.09. The SMILES string of the molecule is CCCCOCC(N)c1cccc(OC(F)F)c1. The lowest BCUT2D eigenvalue weighted by Gasteiger charge is -2.14. The van der Waals surface area contributed by atoms with Gasteiger partial charge in [0.25, 0.3) is 0 Å². The van der Waals surface area contributed by atoms with Gasteiger partial charge in [-0.25, -0.2) is 0 Å². The Morgan fingerprint density at radius 2 is 2.11 bits per heavy atom. The highest BCUT2D eigenvalue weighted by atomic mass is 19.3. The largest absolute Gasteiger partial charge is 0.435 e. The van der Waals surface area contributed by atoms with Crippen LogP contribution >= 0.6 is 0 Å². The van der Waals surface area contributed by atoms with Crippen molar-refractivity contribution < 1.29 is 18.3 Å². The van der Waals surface area contributed by atoms with Gasteiger partial charge in [-0.05, 0) is 24.1 Å². The van der Waals surface area contributed by atoms with Crippen LogP contribution in [0.1, 0.15) is 31.4 Å². The van der Waals surface area contributed by atoms with Crippen LogP contribution in [0, 0.1) is 0 Å². The number of benzene rings is 1. The third-order valence-electron chi connectivity index (χ3n) is 2.45. The Kier molecular flexibility index (Phi) is 6.60. The fraction of sp³-hybridized carbons (Fsp3) is 0.538. The molecule has 1 unspecified atom stereocenters. The first-order valence-corrected chi connectivity index (χ1v) is 6.01. The van der Waals surface area contributed by atoms with E-state index in [1.807, 2.05) is 0 Å². The summed E-state index contributed by atoms with van der Waals surface area (Å²) < 4.78 is 33.8. The highest BCUT2D eigenvalue weighted by molar-refractivity contribution is 5.30. The molecule has 0 aromatic heterocycles. The maximum Gasteiger partial charge on any atom is 0.387 e. The second-order valence-electron chi connectivity index (χ2n) is 3.99. The second kappa shape index (κ2) is 8.00. The molecule has 0 radical (unpaired) electrons. The van der Waals surface area contributed by atoms with Crippen LogP contribution in [0.3, 0.4) is 0 Å². The molecule has 1 rings (SSSR count). The fourth-order valence-corrected chi connectivity index (χ4v) is 1.47. The average molecular weight is 259 g/mol. The lowest BCUT2D eigenvalue weighted by Crippen LogP contribution is -2.17. The zero-order chi connectivity index (χ0) is 13.4.